The van der Waals surface area contributed by atoms with Crippen LogP contribution in [0.25, 0.3) is 44.4 Å². The number of alkyl halides is 2. The summed E-state index contributed by atoms with van der Waals surface area (Å²) in [6.07, 6.45) is 6.10. The first-order valence-corrected chi connectivity index (χ1v) is 16.8. The van der Waals surface area contributed by atoms with Crippen molar-refractivity contribution < 1.29 is 0 Å². The van der Waals surface area contributed by atoms with E-state index in [2.05, 4.69) is 108 Å². The minimum atomic E-state index is 0.947. The topological polar surface area (TPSA) is 57.4 Å². The summed E-state index contributed by atoms with van der Waals surface area (Å²) in [7, 11) is 0. The van der Waals surface area contributed by atoms with Crippen LogP contribution < -0.4 is 0 Å². The first-order valence-electron chi connectivity index (χ1n) is 14.6. The molecule has 8 bridgehead atoms. The highest BCUT2D eigenvalue weighted by Gasteiger charge is 2.21. The molecule has 0 radical (unpaired) electrons. The van der Waals surface area contributed by atoms with Gasteiger partial charge in [-0.05, 0) is 135 Å². The lowest BCUT2D eigenvalue weighted by atomic mass is 10.00. The van der Waals surface area contributed by atoms with Gasteiger partial charge in [0.05, 0.1) is 22.8 Å². The average molecular weight is 665 g/mol. The monoisotopic (exact) mass is 662 g/mol. The molecule has 0 aromatic carbocycles. The quantitative estimate of drug-likeness (QED) is 0.236. The Morgan fingerprint density at radius 3 is 1.73 bits per heavy atom. The number of rotatable bonds is 8. The van der Waals surface area contributed by atoms with Gasteiger partial charge in [0.25, 0.3) is 0 Å². The molecule has 5 rings (SSSR count). The van der Waals surface area contributed by atoms with Crippen LogP contribution in [0.3, 0.4) is 0 Å². The van der Waals surface area contributed by atoms with E-state index in [0.717, 1.165) is 77.5 Å². The molecule has 6 heteroatoms. The summed E-state index contributed by atoms with van der Waals surface area (Å²) < 4.78 is 0. The molecule has 210 valence electrons. The molecule has 0 saturated heterocycles. The second-order valence-electron chi connectivity index (χ2n) is 11.0. The lowest BCUT2D eigenvalue weighted by molar-refractivity contribution is 0.942. The Labute approximate surface area is 255 Å². The molecule has 0 atom stereocenters. The van der Waals surface area contributed by atoms with Crippen LogP contribution in [-0.4, -0.2) is 30.6 Å². The van der Waals surface area contributed by atoms with Crippen LogP contribution in [0.4, 0.5) is 0 Å². The summed E-state index contributed by atoms with van der Waals surface area (Å²) in [6, 6.07) is 9.06. The van der Waals surface area contributed by atoms with Crippen LogP contribution in [0.2, 0.25) is 0 Å². The maximum Gasteiger partial charge on any atom is 0.0693 e. The molecule has 2 aliphatic heterocycles. The molecular weight excluding hydrogens is 624 g/mol. The van der Waals surface area contributed by atoms with Crippen LogP contribution in [-0.2, 0) is 12.8 Å². The first kappa shape index (κ1) is 29.1. The third kappa shape index (κ3) is 5.30. The fraction of sp³-hybridized carbons (Fsp3) is 0.412. The number of H-pyrrole nitrogens is 2. The van der Waals surface area contributed by atoms with E-state index in [1.807, 2.05) is 0 Å². The Morgan fingerprint density at radius 1 is 0.575 bits per heavy atom. The minimum Gasteiger partial charge on any atom is -0.355 e. The van der Waals surface area contributed by atoms with Gasteiger partial charge in [0.1, 0.15) is 0 Å². The van der Waals surface area contributed by atoms with Gasteiger partial charge in [0.2, 0.25) is 0 Å². The van der Waals surface area contributed by atoms with E-state index < -0.39 is 0 Å². The molecule has 0 amide bonds. The van der Waals surface area contributed by atoms with E-state index in [4.69, 9.17) is 9.97 Å². The Balaban J connectivity index is 1.94. The zero-order chi connectivity index (χ0) is 28.6. The van der Waals surface area contributed by atoms with Crippen LogP contribution >= 0.6 is 31.9 Å². The van der Waals surface area contributed by atoms with E-state index >= 15 is 0 Å². The normalized spacial score (nSPS) is 13.6. The van der Waals surface area contributed by atoms with Gasteiger partial charge in [-0.15, -0.1) is 0 Å². The molecule has 3 aromatic rings. The average Bonchev–Trinajstić information content (AvgIpc) is 3.59. The van der Waals surface area contributed by atoms with Gasteiger partial charge < -0.3 is 9.97 Å². The second-order valence-corrected chi connectivity index (χ2v) is 12.5. The van der Waals surface area contributed by atoms with Crippen LogP contribution in [0.15, 0.2) is 24.3 Å². The smallest absolute Gasteiger partial charge is 0.0693 e. The summed E-state index contributed by atoms with van der Waals surface area (Å²) in [5.74, 6) is 0. The molecule has 0 spiro atoms. The third-order valence-electron chi connectivity index (χ3n) is 8.63. The zero-order valence-corrected chi connectivity index (χ0v) is 27.8. The summed E-state index contributed by atoms with van der Waals surface area (Å²) in [6.45, 7) is 13.4. The number of aryl methyl sites for hydroxylation is 4. The molecular formula is C34H40Br2N4. The molecule has 0 fully saturated rings. The lowest BCUT2D eigenvalue weighted by Crippen LogP contribution is -1.89. The van der Waals surface area contributed by atoms with Gasteiger partial charge in [0.15, 0.2) is 0 Å². The minimum absolute atomic E-state index is 0.947. The predicted molar refractivity (Wildman–Crippen MR) is 180 cm³/mol. The number of hydrogen-bond acceptors (Lipinski definition) is 2. The largest absolute Gasteiger partial charge is 0.355 e. The van der Waals surface area contributed by atoms with Gasteiger partial charge in [-0.1, -0.05) is 45.7 Å². The number of hydrogen-bond donors (Lipinski definition) is 2. The number of halogens is 2. The third-order valence-corrected chi connectivity index (χ3v) is 9.75. The van der Waals surface area contributed by atoms with E-state index in [1.54, 1.807) is 0 Å². The number of nitrogens with zero attached hydrogens (tertiary/aromatic N) is 2. The summed E-state index contributed by atoms with van der Waals surface area (Å²) in [5, 5.41) is 1.97. The number of nitrogens with one attached hydrogen (secondary N) is 2. The molecule has 4 nitrogen and oxygen atoms in total. The molecule has 0 saturated carbocycles. The van der Waals surface area contributed by atoms with Crippen LogP contribution in [0.1, 0.15) is 98.4 Å². The van der Waals surface area contributed by atoms with Gasteiger partial charge in [-0.3, -0.25) is 0 Å². The van der Waals surface area contributed by atoms with Crippen LogP contribution in [0, 0.1) is 13.8 Å². The Bertz CT molecular complexity index is 1680. The molecule has 0 aliphatic carbocycles. The number of allylic oxidation sites excluding steroid dienone is 4. The van der Waals surface area contributed by atoms with E-state index in [9.17, 15) is 0 Å². The molecule has 2 N–H and O–H groups in total. The van der Waals surface area contributed by atoms with Gasteiger partial charge in [0, 0.05) is 32.7 Å². The second kappa shape index (κ2) is 12.2. The van der Waals surface area contributed by atoms with Crippen molar-refractivity contribution in [1.29, 1.82) is 0 Å². The van der Waals surface area contributed by atoms with Crippen molar-refractivity contribution >= 4 is 76.2 Å². The molecule has 2 aliphatic rings. The highest BCUT2D eigenvalue weighted by molar-refractivity contribution is 9.09. The Morgan fingerprint density at radius 2 is 1.10 bits per heavy atom. The molecule has 0 unspecified atom stereocenters. The SMILES string of the molecule is CCC1=C(C)c2cc3nc(cc4[nH]c(cc5[nH]c(cc1n2)c(C)c5CC)c(C)c4CCCBr)C(CCCBr)=C3C. The first-order chi connectivity index (χ1) is 19.3. The van der Waals surface area contributed by atoms with Crippen molar-refractivity contribution in [1.82, 2.24) is 19.9 Å². The zero-order valence-electron chi connectivity index (χ0n) is 24.6. The van der Waals surface area contributed by atoms with Crippen molar-refractivity contribution in [2.24, 2.45) is 0 Å². The highest BCUT2D eigenvalue weighted by atomic mass is 79.9. The number of fused-ring (bicyclic) bond motifs is 8. The number of aromatic amines is 2. The van der Waals surface area contributed by atoms with E-state index in [0.29, 0.717) is 0 Å². The maximum atomic E-state index is 5.24. The van der Waals surface area contributed by atoms with E-state index in [-0.39, 0.29) is 0 Å². The van der Waals surface area contributed by atoms with Crippen molar-refractivity contribution in [2.75, 3.05) is 10.7 Å². The number of aromatic nitrogens is 4. The van der Waals surface area contributed by atoms with Crippen molar-refractivity contribution in [3.05, 3.63) is 69.3 Å². The van der Waals surface area contributed by atoms with Crippen LogP contribution in [0.5, 0.6) is 0 Å². The predicted octanol–water partition coefficient (Wildman–Crippen LogP) is 10.3. The fourth-order valence-corrected chi connectivity index (χ4v) is 6.80. The maximum absolute atomic E-state index is 5.24. The van der Waals surface area contributed by atoms with Gasteiger partial charge >= 0.3 is 0 Å². The summed E-state index contributed by atoms with van der Waals surface area (Å²) >= 11 is 7.30. The van der Waals surface area contributed by atoms with Crippen molar-refractivity contribution in [2.45, 2.75) is 80.1 Å². The van der Waals surface area contributed by atoms with Gasteiger partial charge in [-0.2, -0.15) is 0 Å². The van der Waals surface area contributed by atoms with Gasteiger partial charge in [-0.25, -0.2) is 9.97 Å². The summed E-state index contributed by atoms with van der Waals surface area (Å²) in [4.78, 5) is 18.0. The lowest BCUT2D eigenvalue weighted by Gasteiger charge is -2.03. The van der Waals surface area contributed by atoms with E-state index in [1.165, 1.54) is 61.1 Å². The summed E-state index contributed by atoms with van der Waals surface area (Å²) in [5.41, 5.74) is 19.4. The molecule has 3 aromatic heterocycles. The standard InChI is InChI=1S/C34H40Br2N4/c1-7-23-19(3)27-15-28-21(5)25(11-9-13-35)33(39-28)18-34-26(12-10-14-36)22(6)30(40-34)17-32-24(8-2)20(4)29(38-32)16-31(23)37-27/h15-18,38,40H,7-14H2,1-6H3. The molecule has 5 heterocycles. The van der Waals surface area contributed by atoms with Crippen molar-refractivity contribution in [3.63, 3.8) is 0 Å². The Hall–Kier alpha value is -2.44. The fourth-order valence-electron chi connectivity index (χ4n) is 6.24. The molecule has 40 heavy (non-hydrogen) atoms. The Kier molecular flexibility index (Phi) is 8.86. The highest BCUT2D eigenvalue weighted by Crippen LogP contribution is 2.37. The van der Waals surface area contributed by atoms with Crippen molar-refractivity contribution in [3.8, 4) is 0 Å².